The Bertz CT molecular complexity index is 788. The summed E-state index contributed by atoms with van der Waals surface area (Å²) in [6.45, 7) is 0. The van der Waals surface area contributed by atoms with E-state index in [0.717, 1.165) is 5.69 Å². The second-order valence-corrected chi connectivity index (χ2v) is 5.14. The van der Waals surface area contributed by atoms with E-state index >= 15 is 0 Å². The van der Waals surface area contributed by atoms with Crippen LogP contribution in [0.1, 0.15) is 0 Å². The van der Waals surface area contributed by atoms with Crippen molar-refractivity contribution in [3.8, 4) is 17.2 Å². The molecule has 0 amide bonds. The van der Waals surface area contributed by atoms with E-state index in [1.165, 1.54) is 6.07 Å². The molecule has 1 aliphatic rings. The van der Waals surface area contributed by atoms with Crippen molar-refractivity contribution in [2.75, 3.05) is 5.01 Å². The Kier molecular flexibility index (Phi) is 2.94. The van der Waals surface area contributed by atoms with Crippen LogP contribution in [0.2, 0.25) is 0 Å². The SMILES string of the molecule is Oc1ccc(N2C=c3c(O)cc(O)c(Br)c3=CN2)cc1. The van der Waals surface area contributed by atoms with Crippen LogP contribution in [0.15, 0.2) is 34.8 Å². The lowest BCUT2D eigenvalue weighted by Gasteiger charge is -2.23. The Morgan fingerprint density at radius 3 is 2.35 bits per heavy atom. The maximum Gasteiger partial charge on any atom is 0.134 e. The van der Waals surface area contributed by atoms with Gasteiger partial charge in [0.1, 0.15) is 17.2 Å². The third kappa shape index (κ3) is 2.04. The van der Waals surface area contributed by atoms with Crippen molar-refractivity contribution in [2.45, 2.75) is 0 Å². The summed E-state index contributed by atoms with van der Waals surface area (Å²) in [6.07, 6.45) is 3.38. The van der Waals surface area contributed by atoms with Gasteiger partial charge >= 0.3 is 0 Å². The highest BCUT2D eigenvalue weighted by Gasteiger charge is 2.12. The molecule has 6 heteroatoms. The van der Waals surface area contributed by atoms with E-state index in [9.17, 15) is 15.3 Å². The van der Waals surface area contributed by atoms with Crippen molar-refractivity contribution in [3.63, 3.8) is 0 Å². The smallest absolute Gasteiger partial charge is 0.134 e. The van der Waals surface area contributed by atoms with Gasteiger partial charge in [-0.2, -0.15) is 0 Å². The van der Waals surface area contributed by atoms with E-state index in [-0.39, 0.29) is 17.2 Å². The minimum absolute atomic E-state index is 0.0118. The molecule has 2 aromatic rings. The van der Waals surface area contributed by atoms with Crippen molar-refractivity contribution in [1.82, 2.24) is 5.43 Å². The summed E-state index contributed by atoms with van der Waals surface area (Å²) in [6, 6.07) is 7.92. The van der Waals surface area contributed by atoms with Gasteiger partial charge in [0.2, 0.25) is 0 Å². The predicted octanol–water partition coefficient (Wildman–Crippen LogP) is 1.07. The third-order valence-electron chi connectivity index (χ3n) is 3.03. The molecule has 0 saturated carbocycles. The molecule has 0 spiro atoms. The van der Waals surface area contributed by atoms with Crippen molar-refractivity contribution in [1.29, 1.82) is 0 Å². The number of phenols is 3. The number of nitrogens with zero attached hydrogens (tertiary/aromatic N) is 1. The van der Waals surface area contributed by atoms with Crippen LogP contribution < -0.4 is 20.9 Å². The van der Waals surface area contributed by atoms with Gasteiger partial charge in [0.15, 0.2) is 0 Å². The molecule has 20 heavy (non-hydrogen) atoms. The van der Waals surface area contributed by atoms with Crippen LogP contribution in [0.4, 0.5) is 5.69 Å². The highest BCUT2D eigenvalue weighted by atomic mass is 79.9. The zero-order chi connectivity index (χ0) is 14.3. The third-order valence-corrected chi connectivity index (χ3v) is 3.87. The molecule has 0 saturated heterocycles. The topological polar surface area (TPSA) is 76.0 Å². The number of nitrogens with one attached hydrogen (secondary N) is 1. The van der Waals surface area contributed by atoms with Crippen LogP contribution in [0.5, 0.6) is 17.2 Å². The van der Waals surface area contributed by atoms with Gasteiger partial charge < -0.3 is 20.7 Å². The summed E-state index contributed by atoms with van der Waals surface area (Å²) in [7, 11) is 0. The van der Waals surface area contributed by atoms with Crippen LogP contribution in [0.3, 0.4) is 0 Å². The van der Waals surface area contributed by atoms with E-state index < -0.39 is 0 Å². The molecule has 5 nitrogen and oxygen atoms in total. The first-order valence-electron chi connectivity index (χ1n) is 5.83. The Hall–Kier alpha value is -2.34. The molecule has 1 aliphatic heterocycles. The number of benzene rings is 2. The highest BCUT2D eigenvalue weighted by molar-refractivity contribution is 9.10. The normalized spacial score (nSPS) is 12.9. The molecule has 102 valence electrons. The number of hydrogen-bond donors (Lipinski definition) is 4. The van der Waals surface area contributed by atoms with E-state index in [2.05, 4.69) is 21.4 Å². The van der Waals surface area contributed by atoms with E-state index in [0.29, 0.717) is 14.9 Å². The maximum absolute atomic E-state index is 9.94. The Labute approximate surface area is 122 Å². The fourth-order valence-corrected chi connectivity index (χ4v) is 2.45. The molecule has 0 fully saturated rings. The number of hydrogen-bond acceptors (Lipinski definition) is 5. The molecule has 4 N–H and O–H groups in total. The van der Waals surface area contributed by atoms with Crippen molar-refractivity contribution < 1.29 is 15.3 Å². The zero-order valence-corrected chi connectivity index (χ0v) is 11.8. The number of fused-ring (bicyclic) bond motifs is 1. The number of hydrazine groups is 1. The van der Waals surface area contributed by atoms with Crippen LogP contribution in [-0.2, 0) is 0 Å². The minimum atomic E-state index is -0.0224. The molecular formula is C14H11BrN2O3. The largest absolute Gasteiger partial charge is 0.508 e. The number of aromatic hydroxyl groups is 3. The molecule has 1 heterocycles. The Morgan fingerprint density at radius 2 is 1.65 bits per heavy atom. The first-order chi connectivity index (χ1) is 9.56. The molecule has 0 bridgehead atoms. The summed E-state index contributed by atoms with van der Waals surface area (Å²) in [5.74, 6) is 0.152. The number of anilines is 1. The Balaban J connectivity index is 2.14. The maximum atomic E-state index is 9.94. The van der Waals surface area contributed by atoms with Crippen molar-refractivity contribution in [2.24, 2.45) is 0 Å². The van der Waals surface area contributed by atoms with Crippen molar-refractivity contribution >= 4 is 34.0 Å². The zero-order valence-electron chi connectivity index (χ0n) is 10.2. The molecule has 0 unspecified atom stereocenters. The Morgan fingerprint density at radius 1 is 0.950 bits per heavy atom. The quantitative estimate of drug-likeness (QED) is 0.627. The van der Waals surface area contributed by atoms with Crippen molar-refractivity contribution in [3.05, 3.63) is 45.2 Å². The van der Waals surface area contributed by atoms with E-state index in [1.807, 2.05) is 0 Å². The van der Waals surface area contributed by atoms with Gasteiger partial charge in [0, 0.05) is 28.9 Å². The highest BCUT2D eigenvalue weighted by Crippen LogP contribution is 2.22. The van der Waals surface area contributed by atoms with Crippen LogP contribution in [0.25, 0.3) is 12.4 Å². The molecule has 0 atom stereocenters. The minimum Gasteiger partial charge on any atom is -0.508 e. The lowest BCUT2D eigenvalue weighted by atomic mass is 10.2. The number of halogens is 1. The molecular weight excluding hydrogens is 324 g/mol. The molecule has 0 radical (unpaired) electrons. The second-order valence-electron chi connectivity index (χ2n) is 4.35. The summed E-state index contributed by atoms with van der Waals surface area (Å²) < 4.78 is 0.513. The average molecular weight is 335 g/mol. The van der Waals surface area contributed by atoms with Gasteiger partial charge in [-0.15, -0.1) is 0 Å². The molecule has 3 rings (SSSR count). The average Bonchev–Trinajstić information content (AvgIpc) is 2.45. The van der Waals surface area contributed by atoms with Crippen LogP contribution in [0, 0.1) is 0 Å². The molecule has 0 aliphatic carbocycles. The summed E-state index contributed by atoms with van der Waals surface area (Å²) in [4.78, 5) is 0. The summed E-state index contributed by atoms with van der Waals surface area (Å²) in [5, 5.41) is 31.8. The van der Waals surface area contributed by atoms with Gasteiger partial charge in [-0.25, -0.2) is 0 Å². The predicted molar refractivity (Wildman–Crippen MR) is 79.4 cm³/mol. The fraction of sp³-hybridized carbons (Fsp3) is 0. The molecule has 2 aromatic carbocycles. The van der Waals surface area contributed by atoms with Gasteiger partial charge in [0.05, 0.1) is 10.2 Å². The van der Waals surface area contributed by atoms with Crippen LogP contribution >= 0.6 is 15.9 Å². The first kappa shape index (κ1) is 12.7. The van der Waals surface area contributed by atoms with Crippen LogP contribution in [-0.4, -0.2) is 15.3 Å². The number of rotatable bonds is 1. The first-order valence-corrected chi connectivity index (χ1v) is 6.62. The lowest BCUT2D eigenvalue weighted by Crippen LogP contribution is -2.42. The van der Waals surface area contributed by atoms with E-state index in [1.54, 1.807) is 41.7 Å². The van der Waals surface area contributed by atoms with Gasteiger partial charge in [-0.05, 0) is 40.2 Å². The second kappa shape index (κ2) is 4.64. The summed E-state index contributed by atoms with van der Waals surface area (Å²) in [5.41, 5.74) is 3.82. The summed E-state index contributed by atoms with van der Waals surface area (Å²) >= 11 is 3.28. The lowest BCUT2D eigenvalue weighted by molar-refractivity contribution is 0.444. The standard InChI is InChI=1S/C14H11BrN2O3/c15-14-10-6-16-17(8-1-3-9(18)4-2-8)7-11(10)12(19)5-13(14)20/h1-7,16,18-20H. The van der Waals surface area contributed by atoms with Gasteiger partial charge in [-0.3, -0.25) is 5.01 Å². The fourth-order valence-electron chi connectivity index (χ4n) is 2.00. The van der Waals surface area contributed by atoms with Gasteiger partial charge in [0.25, 0.3) is 0 Å². The molecule has 0 aromatic heterocycles. The number of phenolic OH excluding ortho intramolecular Hbond substituents is 3. The van der Waals surface area contributed by atoms with E-state index in [4.69, 9.17) is 0 Å². The monoisotopic (exact) mass is 334 g/mol. The van der Waals surface area contributed by atoms with Gasteiger partial charge in [-0.1, -0.05) is 0 Å².